The van der Waals surface area contributed by atoms with Gasteiger partial charge in [0, 0.05) is 0 Å². The number of carbonyl (C=O) groups is 1. The Morgan fingerprint density at radius 3 is 3.00 bits per heavy atom. The predicted molar refractivity (Wildman–Crippen MR) is 69.2 cm³/mol. The standard InChI is InChI=1S/C13H14N2O3S/c1-7(12-14-8(2)15-18-12)17-13(16)11-10(5-6-19-11)9-3-4-9/h5-7,9H,3-4H2,1-2H3. The molecule has 2 aromatic heterocycles. The summed E-state index contributed by atoms with van der Waals surface area (Å²) in [6.07, 6.45) is 1.80. The highest BCUT2D eigenvalue weighted by Gasteiger charge is 2.30. The third-order valence-electron chi connectivity index (χ3n) is 3.07. The van der Waals surface area contributed by atoms with Gasteiger partial charge in [-0.25, -0.2) is 4.79 Å². The van der Waals surface area contributed by atoms with Crippen LogP contribution in [-0.4, -0.2) is 16.1 Å². The molecule has 0 radical (unpaired) electrons. The van der Waals surface area contributed by atoms with Crippen molar-refractivity contribution in [2.24, 2.45) is 0 Å². The van der Waals surface area contributed by atoms with Crippen molar-refractivity contribution in [3.05, 3.63) is 33.6 Å². The summed E-state index contributed by atoms with van der Waals surface area (Å²) in [7, 11) is 0. The van der Waals surface area contributed by atoms with Crippen LogP contribution < -0.4 is 0 Å². The maximum Gasteiger partial charge on any atom is 0.349 e. The average molecular weight is 278 g/mol. The molecule has 1 unspecified atom stereocenters. The highest BCUT2D eigenvalue weighted by atomic mass is 32.1. The van der Waals surface area contributed by atoms with Gasteiger partial charge in [-0.05, 0) is 49.6 Å². The van der Waals surface area contributed by atoms with E-state index in [1.165, 1.54) is 11.3 Å². The van der Waals surface area contributed by atoms with Crippen molar-refractivity contribution in [1.29, 1.82) is 0 Å². The van der Waals surface area contributed by atoms with Crippen LogP contribution in [0.4, 0.5) is 0 Å². The lowest BCUT2D eigenvalue weighted by Gasteiger charge is -2.09. The van der Waals surface area contributed by atoms with Crippen LogP contribution in [0.5, 0.6) is 0 Å². The predicted octanol–water partition coefficient (Wildman–Crippen LogP) is 3.23. The van der Waals surface area contributed by atoms with E-state index in [2.05, 4.69) is 10.1 Å². The van der Waals surface area contributed by atoms with Crippen molar-refractivity contribution in [1.82, 2.24) is 10.1 Å². The SMILES string of the molecule is Cc1noc(C(C)OC(=O)c2sccc2C2CC2)n1. The van der Waals surface area contributed by atoms with Gasteiger partial charge in [-0.3, -0.25) is 0 Å². The molecule has 0 spiro atoms. The zero-order valence-electron chi connectivity index (χ0n) is 10.8. The average Bonchev–Trinajstić information content (AvgIpc) is 2.94. The number of aryl methyl sites for hydroxylation is 1. The molecule has 0 amide bonds. The number of rotatable bonds is 4. The van der Waals surface area contributed by atoms with Crippen molar-refractivity contribution in [3.63, 3.8) is 0 Å². The van der Waals surface area contributed by atoms with Crippen LogP contribution in [0.3, 0.4) is 0 Å². The molecule has 5 nitrogen and oxygen atoms in total. The first-order valence-electron chi connectivity index (χ1n) is 6.23. The number of esters is 1. The van der Waals surface area contributed by atoms with Crippen LogP contribution in [-0.2, 0) is 4.74 Å². The molecule has 2 heterocycles. The molecule has 0 N–H and O–H groups in total. The van der Waals surface area contributed by atoms with Gasteiger partial charge in [0.25, 0.3) is 5.89 Å². The fraction of sp³-hybridized carbons (Fsp3) is 0.462. The van der Waals surface area contributed by atoms with Gasteiger partial charge < -0.3 is 9.26 Å². The monoisotopic (exact) mass is 278 g/mol. The first kappa shape index (κ1) is 12.3. The summed E-state index contributed by atoms with van der Waals surface area (Å²) in [5.74, 6) is 1.10. The van der Waals surface area contributed by atoms with Crippen molar-refractivity contribution < 1.29 is 14.1 Å². The zero-order valence-corrected chi connectivity index (χ0v) is 11.6. The Morgan fingerprint density at radius 2 is 2.37 bits per heavy atom. The molecule has 6 heteroatoms. The van der Waals surface area contributed by atoms with Gasteiger partial charge in [0.15, 0.2) is 11.9 Å². The van der Waals surface area contributed by atoms with Crippen LogP contribution in [0.25, 0.3) is 0 Å². The van der Waals surface area contributed by atoms with E-state index in [4.69, 9.17) is 9.26 Å². The molecule has 100 valence electrons. The molecule has 1 fully saturated rings. The topological polar surface area (TPSA) is 65.2 Å². The lowest BCUT2D eigenvalue weighted by molar-refractivity contribution is 0.0270. The molecule has 0 aliphatic heterocycles. The first-order valence-corrected chi connectivity index (χ1v) is 7.11. The minimum Gasteiger partial charge on any atom is -0.448 e. The molecule has 2 aromatic rings. The van der Waals surface area contributed by atoms with Crippen molar-refractivity contribution in [3.8, 4) is 0 Å². The molecule has 1 aliphatic carbocycles. The van der Waals surface area contributed by atoms with Gasteiger partial charge in [0.1, 0.15) is 4.88 Å². The summed E-state index contributed by atoms with van der Waals surface area (Å²) >= 11 is 1.43. The van der Waals surface area contributed by atoms with Crippen LogP contribution in [0, 0.1) is 6.92 Å². The Hall–Kier alpha value is -1.69. The van der Waals surface area contributed by atoms with E-state index < -0.39 is 6.10 Å². The summed E-state index contributed by atoms with van der Waals surface area (Å²) in [5, 5.41) is 5.62. The Balaban J connectivity index is 1.72. The summed E-state index contributed by atoms with van der Waals surface area (Å²) < 4.78 is 10.4. The van der Waals surface area contributed by atoms with E-state index in [0.29, 0.717) is 22.5 Å². The number of aromatic nitrogens is 2. The fourth-order valence-corrected chi connectivity index (χ4v) is 2.81. The molecule has 0 bridgehead atoms. The zero-order chi connectivity index (χ0) is 13.4. The number of hydrogen-bond acceptors (Lipinski definition) is 6. The summed E-state index contributed by atoms with van der Waals surface area (Å²) in [5.41, 5.74) is 1.11. The first-order chi connectivity index (χ1) is 9.15. The van der Waals surface area contributed by atoms with E-state index >= 15 is 0 Å². The van der Waals surface area contributed by atoms with E-state index in [1.807, 2.05) is 11.4 Å². The largest absolute Gasteiger partial charge is 0.448 e. The number of ether oxygens (including phenoxy) is 1. The Morgan fingerprint density at radius 1 is 1.58 bits per heavy atom. The Kier molecular flexibility index (Phi) is 3.10. The van der Waals surface area contributed by atoms with Crippen LogP contribution >= 0.6 is 11.3 Å². The van der Waals surface area contributed by atoms with Gasteiger partial charge in [0.05, 0.1) is 0 Å². The minimum absolute atomic E-state index is 0.305. The lowest BCUT2D eigenvalue weighted by atomic mass is 10.2. The van der Waals surface area contributed by atoms with Gasteiger partial charge in [-0.1, -0.05) is 5.16 Å². The highest BCUT2D eigenvalue weighted by Crippen LogP contribution is 2.43. The normalized spacial score (nSPS) is 16.3. The summed E-state index contributed by atoms with van der Waals surface area (Å²) in [6, 6.07) is 2.01. The molecule has 1 atom stereocenters. The van der Waals surface area contributed by atoms with E-state index in [9.17, 15) is 4.79 Å². The maximum atomic E-state index is 12.1. The molecule has 3 rings (SSSR count). The quantitative estimate of drug-likeness (QED) is 0.803. The maximum absolute atomic E-state index is 12.1. The van der Waals surface area contributed by atoms with Crippen molar-refractivity contribution in [2.75, 3.05) is 0 Å². The van der Waals surface area contributed by atoms with Gasteiger partial charge in [-0.2, -0.15) is 4.98 Å². The smallest absolute Gasteiger partial charge is 0.349 e. The van der Waals surface area contributed by atoms with Gasteiger partial charge in [-0.15, -0.1) is 11.3 Å². The number of thiophene rings is 1. The van der Waals surface area contributed by atoms with Crippen molar-refractivity contribution in [2.45, 2.75) is 38.7 Å². The van der Waals surface area contributed by atoms with E-state index in [-0.39, 0.29) is 5.97 Å². The number of hydrogen-bond donors (Lipinski definition) is 0. The van der Waals surface area contributed by atoms with Crippen LogP contribution in [0.2, 0.25) is 0 Å². The second-order valence-corrected chi connectivity index (χ2v) is 5.62. The molecule has 1 aliphatic rings. The van der Waals surface area contributed by atoms with Crippen LogP contribution in [0.15, 0.2) is 16.0 Å². The molecule has 0 saturated heterocycles. The fourth-order valence-electron chi connectivity index (χ4n) is 1.94. The molecule has 1 saturated carbocycles. The third-order valence-corrected chi connectivity index (χ3v) is 3.98. The van der Waals surface area contributed by atoms with Crippen LogP contribution in [0.1, 0.15) is 58.7 Å². The van der Waals surface area contributed by atoms with Crippen molar-refractivity contribution >= 4 is 17.3 Å². The van der Waals surface area contributed by atoms with Gasteiger partial charge in [0.2, 0.25) is 0 Å². The summed E-state index contributed by atoms with van der Waals surface area (Å²) in [6.45, 7) is 3.46. The van der Waals surface area contributed by atoms with Gasteiger partial charge >= 0.3 is 5.97 Å². The minimum atomic E-state index is -0.525. The Labute approximate surface area is 114 Å². The molecule has 0 aromatic carbocycles. The molecule has 19 heavy (non-hydrogen) atoms. The summed E-state index contributed by atoms with van der Waals surface area (Å²) in [4.78, 5) is 16.9. The highest BCUT2D eigenvalue weighted by molar-refractivity contribution is 7.12. The number of carbonyl (C=O) groups excluding carboxylic acids is 1. The number of nitrogens with zero attached hydrogens (tertiary/aromatic N) is 2. The Bertz CT molecular complexity index is 601. The molecular weight excluding hydrogens is 264 g/mol. The van der Waals surface area contributed by atoms with E-state index in [0.717, 1.165) is 18.4 Å². The van der Waals surface area contributed by atoms with E-state index in [1.54, 1.807) is 13.8 Å². The molecular formula is C13H14N2O3S. The lowest BCUT2D eigenvalue weighted by Crippen LogP contribution is -2.09. The second kappa shape index (κ2) is 4.77. The third kappa shape index (κ3) is 2.53. The second-order valence-electron chi connectivity index (χ2n) is 4.71.